The van der Waals surface area contributed by atoms with Crippen molar-refractivity contribution in [2.75, 3.05) is 18.9 Å². The lowest BCUT2D eigenvalue weighted by Crippen LogP contribution is -2.46. The number of anilines is 1. The van der Waals surface area contributed by atoms with Gasteiger partial charge in [0.15, 0.2) is 42.0 Å². The van der Waals surface area contributed by atoms with Gasteiger partial charge in [-0.05, 0) is 54.2 Å². The van der Waals surface area contributed by atoms with E-state index in [1.165, 1.54) is 23.0 Å². The normalized spacial score (nSPS) is 32.6. The van der Waals surface area contributed by atoms with E-state index in [4.69, 9.17) is 38.0 Å². The van der Waals surface area contributed by atoms with Crippen molar-refractivity contribution >= 4 is 60.6 Å². The van der Waals surface area contributed by atoms with Crippen LogP contribution in [0.3, 0.4) is 0 Å². The molecule has 0 spiro atoms. The Hall–Kier alpha value is -4.47. The van der Waals surface area contributed by atoms with Gasteiger partial charge in [0.25, 0.3) is 0 Å². The number of esters is 1. The van der Waals surface area contributed by atoms with E-state index in [0.29, 0.717) is 22.5 Å². The molecule has 24 heteroatoms. The third-order valence-corrected chi connectivity index (χ3v) is 14.3. The van der Waals surface area contributed by atoms with E-state index in [-0.39, 0.29) is 28.5 Å². The van der Waals surface area contributed by atoms with E-state index in [2.05, 4.69) is 15.0 Å². The van der Waals surface area contributed by atoms with Crippen LogP contribution in [0.15, 0.2) is 73.5 Å². The molecule has 3 fully saturated rings. The Morgan fingerprint density at radius 2 is 1.68 bits per heavy atom. The smallest absolute Gasteiger partial charge is 0.423 e. The molecule has 2 bridgehead atoms. The maximum atomic E-state index is 16.7. The first-order valence-corrected chi connectivity index (χ1v) is 22.5. The van der Waals surface area contributed by atoms with E-state index in [9.17, 15) is 28.4 Å². The number of nitrogens with zero attached hydrogens (tertiary/aromatic N) is 5. The maximum absolute atomic E-state index is 16.7. The Balaban J connectivity index is 1.07. The number of amides is 1. The lowest BCUT2D eigenvalue weighted by Gasteiger charge is -2.31. The first-order valence-electron chi connectivity index (χ1n) is 17.8. The predicted molar refractivity (Wildman–Crippen MR) is 201 cm³/mol. The number of ketones is 1. The molecule has 312 valence electrons. The van der Waals surface area contributed by atoms with Gasteiger partial charge in [0.2, 0.25) is 5.91 Å². The third kappa shape index (κ3) is 8.74. The summed E-state index contributed by atoms with van der Waals surface area (Å²) in [7, 11) is -5.28. The van der Waals surface area contributed by atoms with Crippen LogP contribution < -0.4 is 10.5 Å². The molecule has 8 rings (SSSR count). The molecular weight excluding hydrogens is 844 g/mol. The van der Waals surface area contributed by atoms with Crippen molar-refractivity contribution in [2.24, 2.45) is 0 Å². The molecule has 2 aromatic carbocycles. The van der Waals surface area contributed by atoms with Crippen molar-refractivity contribution in [1.29, 1.82) is 0 Å². The lowest BCUT2D eigenvalue weighted by molar-refractivity contribution is -0.148. The molecule has 4 aromatic rings. The van der Waals surface area contributed by atoms with Crippen molar-refractivity contribution < 1.29 is 69.5 Å². The van der Waals surface area contributed by atoms with Crippen LogP contribution in [0.4, 0.5) is 14.6 Å². The molecule has 0 aliphatic carbocycles. The standard InChI is InChI=1S/C35H34F2N6O13P2S/c1-18-2-6-20(7-3-18)35(46)52-22-8-4-19(5-9-22)15-59-58(49)51-13-23-26(36)30(34(53-23)42-11-10-21(44)12-25(42)45)55-57(47,48)50-14-24-29(56-58)27(37)33(54-24)43-17-41-28-31(38)39-16-40-32(28)43/h2-11,16-17,23-24,26-27,29-30,33-34H,12-15H2,1H3,(H,47,48)(H2,38,39,40)/t23-,24-,26-,27-,29-,30-,33-,34-,58?/m1/s1. The summed E-state index contributed by atoms with van der Waals surface area (Å²) in [4.78, 5) is 61.1. The quantitative estimate of drug-likeness (QED) is 0.112. The minimum atomic E-state index is -5.28. The van der Waals surface area contributed by atoms with Crippen LogP contribution in [0.1, 0.15) is 34.1 Å². The zero-order valence-electron chi connectivity index (χ0n) is 30.6. The zero-order chi connectivity index (χ0) is 41.6. The fraction of sp³-hybridized carbons (Fsp3) is 0.371. The van der Waals surface area contributed by atoms with Crippen LogP contribution in [0.25, 0.3) is 11.2 Å². The van der Waals surface area contributed by atoms with Crippen molar-refractivity contribution in [3.63, 3.8) is 0 Å². The highest BCUT2D eigenvalue weighted by Crippen LogP contribution is 2.64. The number of imidazole rings is 1. The number of carbonyl (C=O) groups excluding carboxylic acids is 3. The van der Waals surface area contributed by atoms with Gasteiger partial charge in [-0.2, -0.15) is 0 Å². The van der Waals surface area contributed by atoms with Crippen LogP contribution in [-0.2, 0) is 52.0 Å². The SMILES string of the molecule is Cc1ccc(C(=O)Oc2ccc(CSP3(=O)OC[C@H]4O[C@@H](N5C=CC(=O)CC5=O)[C@H](OP(=O)(O)OC[C@H]5O[C@@H](n6cnc7c(N)ncnc76)[C@H](F)[C@@H]5O3)[C@@H]4F)cc2)cc1. The zero-order valence-corrected chi connectivity index (χ0v) is 33.2. The first-order chi connectivity index (χ1) is 28.2. The average Bonchev–Trinajstić information content (AvgIpc) is 3.86. The predicted octanol–water partition coefficient (Wildman–Crippen LogP) is 4.51. The molecule has 3 N–H and O–H groups in total. The number of ether oxygens (including phenoxy) is 3. The number of hydrogen-bond donors (Lipinski definition) is 2. The molecule has 4 aliphatic rings. The van der Waals surface area contributed by atoms with Crippen LogP contribution in [0, 0.1) is 6.92 Å². The van der Waals surface area contributed by atoms with Crippen LogP contribution in [0.5, 0.6) is 5.75 Å². The summed E-state index contributed by atoms with van der Waals surface area (Å²) in [5.74, 6) is -1.84. The van der Waals surface area contributed by atoms with E-state index < -0.39 is 101 Å². The number of alkyl halides is 2. The Morgan fingerprint density at radius 3 is 2.42 bits per heavy atom. The van der Waals surface area contributed by atoms with Crippen molar-refractivity contribution in [1.82, 2.24) is 24.4 Å². The average molecular weight is 879 g/mol. The minimum Gasteiger partial charge on any atom is -0.423 e. The molecule has 4 aliphatic heterocycles. The van der Waals surface area contributed by atoms with E-state index in [1.807, 2.05) is 6.92 Å². The molecule has 1 amide bonds. The van der Waals surface area contributed by atoms with Crippen LogP contribution in [-0.4, -0.2) is 103 Å². The van der Waals surface area contributed by atoms with Gasteiger partial charge in [-0.1, -0.05) is 29.8 Å². The summed E-state index contributed by atoms with van der Waals surface area (Å²) in [5.41, 5.74) is 7.93. The monoisotopic (exact) mass is 878 g/mol. The van der Waals surface area contributed by atoms with E-state index in [1.54, 1.807) is 36.4 Å². The van der Waals surface area contributed by atoms with E-state index in [0.717, 1.165) is 29.1 Å². The summed E-state index contributed by atoms with van der Waals surface area (Å²) in [6.07, 6.45) is -11.1. The van der Waals surface area contributed by atoms with Crippen molar-refractivity contribution in [2.45, 2.75) is 68.3 Å². The van der Waals surface area contributed by atoms with Gasteiger partial charge in [0.1, 0.15) is 42.0 Å². The van der Waals surface area contributed by atoms with Crippen LogP contribution in [0.2, 0.25) is 0 Å². The van der Waals surface area contributed by atoms with Gasteiger partial charge in [-0.15, -0.1) is 0 Å². The van der Waals surface area contributed by atoms with Crippen LogP contribution >= 0.6 is 26.0 Å². The fourth-order valence-electron chi connectivity index (χ4n) is 6.60. The fourth-order valence-corrected chi connectivity index (χ4v) is 10.9. The third-order valence-electron chi connectivity index (χ3n) is 9.62. The summed E-state index contributed by atoms with van der Waals surface area (Å²) in [6.45, 7) is -4.52. The molecular formula is C35H34F2N6O13P2S. The highest BCUT2D eigenvalue weighted by molar-refractivity contribution is 8.54. The Labute approximate surface area is 337 Å². The molecule has 2 unspecified atom stereocenters. The second-order valence-corrected chi connectivity index (χ2v) is 19.1. The number of rotatable bonds is 7. The Bertz CT molecular complexity index is 2390. The second kappa shape index (κ2) is 16.5. The van der Waals surface area contributed by atoms with Gasteiger partial charge >= 0.3 is 20.6 Å². The van der Waals surface area contributed by atoms with Crippen molar-refractivity contribution in [3.8, 4) is 5.75 Å². The number of aromatic nitrogens is 4. The van der Waals surface area contributed by atoms with Gasteiger partial charge in [0, 0.05) is 12.0 Å². The second-order valence-electron chi connectivity index (χ2n) is 13.7. The lowest BCUT2D eigenvalue weighted by atomic mass is 10.1. The largest absolute Gasteiger partial charge is 0.472 e. The first kappa shape index (κ1) is 41.3. The van der Waals surface area contributed by atoms with Gasteiger partial charge in [0.05, 0.1) is 31.5 Å². The minimum absolute atomic E-state index is 0.0101. The maximum Gasteiger partial charge on any atom is 0.472 e. The number of fused-ring (bicyclic) bond motifs is 4. The summed E-state index contributed by atoms with van der Waals surface area (Å²) in [6, 6.07) is 13.0. The molecule has 3 saturated heterocycles. The highest BCUT2D eigenvalue weighted by atomic mass is 32.7. The Morgan fingerprint density at radius 1 is 0.949 bits per heavy atom. The number of phosphoric ester groups is 1. The number of aryl methyl sites for hydroxylation is 1. The van der Waals surface area contributed by atoms with Gasteiger partial charge in [-0.3, -0.25) is 37.2 Å². The highest BCUT2D eigenvalue weighted by Gasteiger charge is 2.56. The molecule has 19 nitrogen and oxygen atoms in total. The number of carbonyl (C=O) groups is 3. The topological polar surface area (TPSA) is 243 Å². The van der Waals surface area contributed by atoms with E-state index >= 15 is 8.78 Å². The number of halogens is 2. The van der Waals surface area contributed by atoms with Gasteiger partial charge < -0.3 is 24.8 Å². The number of phosphoric acid groups is 1. The molecule has 0 radical (unpaired) electrons. The van der Waals surface area contributed by atoms with Gasteiger partial charge in [-0.25, -0.2) is 37.7 Å². The molecule has 6 heterocycles. The number of hydrogen-bond acceptors (Lipinski definition) is 17. The molecule has 59 heavy (non-hydrogen) atoms. The number of allylic oxidation sites excluding steroid dienone is 1. The summed E-state index contributed by atoms with van der Waals surface area (Å²) < 4.78 is 101. The molecule has 2 aromatic heterocycles. The number of benzene rings is 2. The molecule has 0 saturated carbocycles. The summed E-state index contributed by atoms with van der Waals surface area (Å²) >= 11 is 0.595. The molecule has 10 atom stereocenters. The summed E-state index contributed by atoms with van der Waals surface area (Å²) in [5, 5.41) is 0. The van der Waals surface area contributed by atoms with Crippen molar-refractivity contribution in [3.05, 3.63) is 90.2 Å². The number of nitrogens with two attached hydrogens (primary N) is 1. The Kier molecular flexibility index (Phi) is 11.6. The number of nitrogen functional groups attached to an aromatic ring is 1.